The van der Waals surface area contributed by atoms with E-state index in [-0.39, 0.29) is 15.3 Å². The van der Waals surface area contributed by atoms with Gasteiger partial charge in [0.2, 0.25) is 5.89 Å². The summed E-state index contributed by atoms with van der Waals surface area (Å²) in [5, 5.41) is 0.215. The molecule has 2 fully saturated rings. The van der Waals surface area contributed by atoms with Crippen LogP contribution in [-0.4, -0.2) is 42.2 Å². The average Bonchev–Trinajstić information content (AvgIpc) is 2.99. The summed E-state index contributed by atoms with van der Waals surface area (Å²) in [5.41, 5.74) is 0.522. The number of likely N-dealkylation sites (tertiary alicyclic amines) is 1. The van der Waals surface area contributed by atoms with Gasteiger partial charge in [-0.2, -0.15) is 0 Å². The second kappa shape index (κ2) is 6.71. The first-order valence-corrected chi connectivity index (χ1v) is 12.0. The molecule has 2 heterocycles. The average molecular weight is 425 g/mol. The second-order valence-electron chi connectivity index (χ2n) is 9.57. The van der Waals surface area contributed by atoms with Crippen molar-refractivity contribution >= 4 is 32.5 Å². The quantitative estimate of drug-likeness (QED) is 0.696. The highest BCUT2D eigenvalue weighted by molar-refractivity contribution is 7.93. The molecule has 4 rings (SSSR count). The summed E-state index contributed by atoms with van der Waals surface area (Å²) in [7, 11) is -3.68. The van der Waals surface area contributed by atoms with Crippen LogP contribution in [-0.2, 0) is 15.3 Å². The van der Waals surface area contributed by atoms with Crippen LogP contribution in [0.2, 0.25) is 5.02 Å². The Morgan fingerprint density at radius 2 is 1.86 bits per heavy atom. The van der Waals surface area contributed by atoms with Crippen molar-refractivity contribution in [3.8, 4) is 0 Å². The maximum atomic E-state index is 13.8. The fraction of sp³-hybridized carbons (Fsp3) is 0.667. The maximum Gasteiger partial charge on any atom is 0.200 e. The van der Waals surface area contributed by atoms with Gasteiger partial charge in [-0.15, -0.1) is 0 Å². The van der Waals surface area contributed by atoms with Crippen molar-refractivity contribution in [2.45, 2.75) is 80.9 Å². The smallest absolute Gasteiger partial charge is 0.200 e. The van der Waals surface area contributed by atoms with Crippen LogP contribution >= 0.6 is 11.6 Å². The molecule has 154 valence electrons. The summed E-state index contributed by atoms with van der Waals surface area (Å²) in [6.45, 7) is 9.47. The monoisotopic (exact) mass is 424 g/mol. The van der Waals surface area contributed by atoms with Crippen molar-refractivity contribution in [1.82, 2.24) is 9.88 Å². The number of oxazole rings is 1. The Bertz CT molecular complexity index is 995. The zero-order chi connectivity index (χ0) is 20.3. The molecule has 1 aliphatic heterocycles. The largest absolute Gasteiger partial charge is 0.439 e. The molecule has 1 aromatic heterocycles. The third kappa shape index (κ3) is 3.17. The zero-order valence-corrected chi connectivity index (χ0v) is 18.7. The third-order valence-electron chi connectivity index (χ3n) is 6.47. The third-order valence-corrected chi connectivity index (χ3v) is 9.55. The molecule has 1 aromatic carbocycles. The lowest BCUT2D eigenvalue weighted by atomic mass is 9.88. The Labute approximate surface area is 172 Å². The van der Waals surface area contributed by atoms with Crippen LogP contribution in [0.5, 0.6) is 0 Å². The molecule has 0 radical (unpaired) electrons. The van der Waals surface area contributed by atoms with Gasteiger partial charge in [0.1, 0.15) is 10.4 Å². The number of nitrogens with zero attached hydrogens (tertiary/aromatic N) is 2. The lowest BCUT2D eigenvalue weighted by Crippen LogP contribution is -2.51. The van der Waals surface area contributed by atoms with E-state index in [1.165, 1.54) is 19.3 Å². The number of sulfone groups is 1. The Morgan fingerprint density at radius 3 is 2.39 bits per heavy atom. The predicted octanol–water partition coefficient (Wildman–Crippen LogP) is 4.96. The van der Waals surface area contributed by atoms with E-state index >= 15 is 0 Å². The normalized spacial score (nSPS) is 21.8. The van der Waals surface area contributed by atoms with Gasteiger partial charge in [-0.3, -0.25) is 0 Å². The van der Waals surface area contributed by atoms with Gasteiger partial charge < -0.3 is 9.32 Å². The number of fused-ring (bicyclic) bond motifs is 1. The van der Waals surface area contributed by atoms with E-state index in [2.05, 4.69) is 9.88 Å². The first-order valence-electron chi connectivity index (χ1n) is 10.1. The summed E-state index contributed by atoms with van der Waals surface area (Å²) in [5.74, 6) is 0.520. The molecule has 1 saturated heterocycles. The number of aromatic nitrogens is 1. The van der Waals surface area contributed by atoms with Crippen molar-refractivity contribution in [3.05, 3.63) is 23.0 Å². The molecule has 28 heavy (non-hydrogen) atoms. The molecule has 0 amide bonds. The standard InChI is InChI=1S/C21H29ClN2O3S/c1-20(2,3)19-23-16-9-8-15(22)18(17(16)27-19)28(25,26)21(4)10-12-24(13-11-21)14-6-5-7-14/h8-9,14H,5-7,10-13H2,1-4H3. The van der Waals surface area contributed by atoms with Gasteiger partial charge in [-0.1, -0.05) is 38.8 Å². The molecule has 0 bridgehead atoms. The van der Waals surface area contributed by atoms with E-state index in [1.807, 2.05) is 27.7 Å². The maximum absolute atomic E-state index is 13.8. The van der Waals surface area contributed by atoms with E-state index in [0.717, 1.165) is 13.1 Å². The fourth-order valence-electron chi connectivity index (χ4n) is 4.14. The van der Waals surface area contributed by atoms with Gasteiger partial charge in [0.15, 0.2) is 15.4 Å². The topological polar surface area (TPSA) is 63.4 Å². The minimum Gasteiger partial charge on any atom is -0.439 e. The molecule has 1 saturated carbocycles. The van der Waals surface area contributed by atoms with E-state index in [1.54, 1.807) is 12.1 Å². The SMILES string of the molecule is CC(C)(C)c1nc2ccc(Cl)c(S(=O)(=O)C3(C)CCN(C4CCC4)CC3)c2o1. The molecule has 0 N–H and O–H groups in total. The Kier molecular flexibility index (Phi) is 4.83. The van der Waals surface area contributed by atoms with Gasteiger partial charge >= 0.3 is 0 Å². The molecule has 7 heteroatoms. The minimum absolute atomic E-state index is 0.106. The minimum atomic E-state index is -3.68. The molecular weight excluding hydrogens is 396 g/mol. The molecule has 2 aliphatic rings. The van der Waals surface area contributed by atoms with Crippen LogP contribution in [0.1, 0.15) is 65.7 Å². The van der Waals surface area contributed by atoms with Gasteiger partial charge in [-0.25, -0.2) is 13.4 Å². The van der Waals surface area contributed by atoms with Crippen molar-refractivity contribution in [1.29, 1.82) is 0 Å². The predicted molar refractivity (Wildman–Crippen MR) is 112 cm³/mol. The van der Waals surface area contributed by atoms with E-state index in [4.69, 9.17) is 16.0 Å². The van der Waals surface area contributed by atoms with Crippen LogP contribution in [0.15, 0.2) is 21.4 Å². The number of hydrogen-bond donors (Lipinski definition) is 0. The Morgan fingerprint density at radius 1 is 1.21 bits per heavy atom. The van der Waals surface area contributed by atoms with Gasteiger partial charge in [0, 0.05) is 11.5 Å². The van der Waals surface area contributed by atoms with Gasteiger partial charge in [0.25, 0.3) is 0 Å². The number of hydrogen-bond acceptors (Lipinski definition) is 5. The molecule has 0 atom stereocenters. The molecule has 0 spiro atoms. The highest BCUT2D eigenvalue weighted by atomic mass is 35.5. The van der Waals surface area contributed by atoms with Crippen molar-refractivity contribution < 1.29 is 12.8 Å². The highest BCUT2D eigenvalue weighted by Crippen LogP contribution is 2.43. The highest BCUT2D eigenvalue weighted by Gasteiger charge is 2.46. The summed E-state index contributed by atoms with van der Waals surface area (Å²) >= 11 is 6.43. The molecule has 2 aromatic rings. The van der Waals surface area contributed by atoms with Crippen LogP contribution in [0.4, 0.5) is 0 Å². The van der Waals surface area contributed by atoms with E-state index in [0.29, 0.717) is 35.9 Å². The number of rotatable bonds is 3. The number of halogens is 1. The van der Waals surface area contributed by atoms with Gasteiger partial charge in [0.05, 0.1) is 9.77 Å². The fourth-order valence-corrected chi connectivity index (χ4v) is 6.53. The second-order valence-corrected chi connectivity index (χ2v) is 12.4. The summed E-state index contributed by atoms with van der Waals surface area (Å²) in [6, 6.07) is 4.00. The first-order chi connectivity index (χ1) is 13.0. The Hall–Kier alpha value is -1.11. The van der Waals surface area contributed by atoms with Crippen molar-refractivity contribution in [3.63, 3.8) is 0 Å². The van der Waals surface area contributed by atoms with E-state index < -0.39 is 14.6 Å². The first kappa shape index (κ1) is 20.2. The molecule has 0 unspecified atom stereocenters. The van der Waals surface area contributed by atoms with Gasteiger partial charge in [-0.05, 0) is 57.8 Å². The summed E-state index contributed by atoms with van der Waals surface area (Å²) < 4.78 is 32.7. The number of piperidine rings is 1. The lowest BCUT2D eigenvalue weighted by Gasteiger charge is -2.45. The van der Waals surface area contributed by atoms with Crippen molar-refractivity contribution in [2.24, 2.45) is 0 Å². The Balaban J connectivity index is 1.73. The summed E-state index contributed by atoms with van der Waals surface area (Å²) in [6.07, 6.45) is 4.98. The van der Waals surface area contributed by atoms with Crippen LogP contribution < -0.4 is 0 Å². The lowest BCUT2D eigenvalue weighted by molar-refractivity contribution is 0.0932. The van der Waals surface area contributed by atoms with Crippen LogP contribution in [0.3, 0.4) is 0 Å². The van der Waals surface area contributed by atoms with Crippen molar-refractivity contribution in [2.75, 3.05) is 13.1 Å². The van der Waals surface area contributed by atoms with E-state index in [9.17, 15) is 8.42 Å². The molecule has 1 aliphatic carbocycles. The number of benzene rings is 1. The summed E-state index contributed by atoms with van der Waals surface area (Å²) in [4.78, 5) is 7.08. The molecular formula is C21H29ClN2O3S. The zero-order valence-electron chi connectivity index (χ0n) is 17.1. The molecule has 5 nitrogen and oxygen atoms in total. The van der Waals surface area contributed by atoms with Crippen LogP contribution in [0.25, 0.3) is 11.1 Å². The van der Waals surface area contributed by atoms with Crippen LogP contribution in [0, 0.1) is 0 Å².